The van der Waals surface area contributed by atoms with Crippen LogP contribution in [-0.2, 0) is 19.1 Å². The van der Waals surface area contributed by atoms with Crippen LogP contribution in [0.25, 0.3) is 6.08 Å². The molecule has 0 atom stereocenters. The normalized spacial score (nSPS) is 15.2. The first-order valence-corrected chi connectivity index (χ1v) is 10.0. The summed E-state index contributed by atoms with van der Waals surface area (Å²) in [5, 5.41) is 2.51. The first kappa shape index (κ1) is 22.5. The van der Waals surface area contributed by atoms with Crippen molar-refractivity contribution in [1.29, 1.82) is 0 Å². The van der Waals surface area contributed by atoms with Crippen molar-refractivity contribution in [2.75, 3.05) is 18.6 Å². The molecule has 10 heteroatoms. The maximum Gasteiger partial charge on any atom is 0.343 e. The zero-order chi connectivity index (χ0) is 22.7. The summed E-state index contributed by atoms with van der Waals surface area (Å²) in [4.78, 5) is 50.1. The molecule has 0 unspecified atom stereocenters. The molecule has 1 aliphatic heterocycles. The van der Waals surface area contributed by atoms with Crippen LogP contribution in [0.4, 0.5) is 10.5 Å². The lowest BCUT2D eigenvalue weighted by molar-refractivity contribution is -0.143. The van der Waals surface area contributed by atoms with Gasteiger partial charge in [-0.2, -0.15) is 0 Å². The molecule has 0 bridgehead atoms. The number of halogens is 2. The summed E-state index contributed by atoms with van der Waals surface area (Å²) in [6, 6.07) is 8.62. The Hall–Kier alpha value is -3.17. The van der Waals surface area contributed by atoms with Crippen LogP contribution in [-0.4, -0.2) is 37.5 Å². The van der Waals surface area contributed by atoms with Crippen molar-refractivity contribution in [3.05, 3.63) is 62.6 Å². The van der Waals surface area contributed by atoms with Gasteiger partial charge in [0.25, 0.3) is 11.8 Å². The second-order valence-electron chi connectivity index (χ2n) is 6.44. The highest BCUT2D eigenvalue weighted by molar-refractivity contribution is 9.10. The smallest absolute Gasteiger partial charge is 0.343 e. The Morgan fingerprint density at radius 1 is 1.19 bits per heavy atom. The van der Waals surface area contributed by atoms with E-state index in [1.165, 1.54) is 19.3 Å². The molecule has 1 fully saturated rings. The van der Waals surface area contributed by atoms with Gasteiger partial charge in [0.15, 0.2) is 6.61 Å². The molecule has 0 aliphatic carbocycles. The monoisotopic (exact) mass is 506 g/mol. The zero-order valence-electron chi connectivity index (χ0n) is 16.4. The van der Waals surface area contributed by atoms with E-state index < -0.39 is 23.8 Å². The van der Waals surface area contributed by atoms with Gasteiger partial charge in [0.1, 0.15) is 11.3 Å². The highest BCUT2D eigenvalue weighted by Crippen LogP contribution is 2.29. The number of hydrogen-bond acceptors (Lipinski definition) is 6. The summed E-state index contributed by atoms with van der Waals surface area (Å²) >= 11 is 9.44. The molecule has 160 valence electrons. The fourth-order valence-electron chi connectivity index (χ4n) is 2.73. The van der Waals surface area contributed by atoms with Crippen molar-refractivity contribution in [1.82, 2.24) is 5.32 Å². The minimum absolute atomic E-state index is 0.216. The van der Waals surface area contributed by atoms with Gasteiger partial charge >= 0.3 is 12.0 Å². The van der Waals surface area contributed by atoms with Gasteiger partial charge < -0.3 is 9.47 Å². The number of nitrogens with one attached hydrogen (secondary N) is 1. The average Bonchev–Trinajstić information content (AvgIpc) is 2.72. The number of benzene rings is 2. The number of rotatable bonds is 5. The Morgan fingerprint density at radius 3 is 2.61 bits per heavy atom. The summed E-state index contributed by atoms with van der Waals surface area (Å²) in [6.45, 7) is 1.42. The number of esters is 1. The first-order valence-electron chi connectivity index (χ1n) is 8.88. The number of hydrogen-bond donors (Lipinski definition) is 1. The van der Waals surface area contributed by atoms with E-state index in [1.54, 1.807) is 37.3 Å². The maximum atomic E-state index is 13.1. The lowest BCUT2D eigenvalue weighted by Crippen LogP contribution is -2.54. The molecule has 1 saturated heterocycles. The number of amides is 4. The molecule has 1 aliphatic rings. The molecule has 3 rings (SSSR count). The van der Waals surface area contributed by atoms with Gasteiger partial charge in [-0.1, -0.05) is 33.6 Å². The Bertz CT molecular complexity index is 1130. The fraction of sp³-hybridized carbons (Fsp3) is 0.143. The van der Waals surface area contributed by atoms with E-state index >= 15 is 0 Å². The number of methoxy groups -OCH3 is 1. The number of carbonyl (C=O) groups excluding carboxylic acids is 4. The zero-order valence-corrected chi connectivity index (χ0v) is 18.7. The minimum atomic E-state index is -0.886. The largest absolute Gasteiger partial charge is 0.481 e. The number of carbonyl (C=O) groups is 4. The summed E-state index contributed by atoms with van der Waals surface area (Å²) in [5.41, 5.74) is 1.03. The predicted octanol–water partition coefficient (Wildman–Crippen LogP) is 3.63. The van der Waals surface area contributed by atoms with Crippen molar-refractivity contribution < 1.29 is 28.7 Å². The Balaban J connectivity index is 2.01. The van der Waals surface area contributed by atoms with E-state index in [0.717, 1.165) is 10.5 Å². The van der Waals surface area contributed by atoms with Crippen molar-refractivity contribution in [2.45, 2.75) is 6.92 Å². The van der Waals surface area contributed by atoms with E-state index in [0.29, 0.717) is 15.1 Å². The molecule has 1 N–H and O–H groups in total. The number of anilines is 1. The molecule has 2 aromatic rings. The van der Waals surface area contributed by atoms with E-state index in [9.17, 15) is 19.2 Å². The van der Waals surface area contributed by atoms with Gasteiger partial charge in [-0.25, -0.2) is 14.5 Å². The Labute approximate surface area is 190 Å². The number of nitrogens with zero attached hydrogens (tertiary/aromatic N) is 1. The van der Waals surface area contributed by atoms with Gasteiger partial charge in [-0.3, -0.25) is 14.9 Å². The highest BCUT2D eigenvalue weighted by Gasteiger charge is 2.37. The van der Waals surface area contributed by atoms with E-state index in [-0.39, 0.29) is 23.6 Å². The lowest BCUT2D eigenvalue weighted by Gasteiger charge is -2.26. The second kappa shape index (κ2) is 9.32. The Kier molecular flexibility index (Phi) is 6.77. The van der Waals surface area contributed by atoms with Crippen LogP contribution in [0.15, 0.2) is 46.4 Å². The van der Waals surface area contributed by atoms with Crippen molar-refractivity contribution in [3.8, 4) is 5.75 Å². The van der Waals surface area contributed by atoms with Gasteiger partial charge in [-0.05, 0) is 48.9 Å². The molecular weight excluding hydrogens is 492 g/mol. The third-order valence-corrected chi connectivity index (χ3v) is 5.26. The molecule has 0 radical (unpaired) electrons. The van der Waals surface area contributed by atoms with E-state index in [1.807, 2.05) is 0 Å². The third kappa shape index (κ3) is 4.95. The van der Waals surface area contributed by atoms with Crippen LogP contribution in [0.5, 0.6) is 5.75 Å². The first-order chi connectivity index (χ1) is 14.7. The topological polar surface area (TPSA) is 102 Å². The summed E-state index contributed by atoms with van der Waals surface area (Å²) in [7, 11) is 1.23. The molecule has 8 nitrogen and oxygen atoms in total. The van der Waals surface area contributed by atoms with Gasteiger partial charge in [0.2, 0.25) is 0 Å². The quantitative estimate of drug-likeness (QED) is 0.377. The van der Waals surface area contributed by atoms with Crippen LogP contribution in [0.3, 0.4) is 0 Å². The van der Waals surface area contributed by atoms with Crippen molar-refractivity contribution in [3.63, 3.8) is 0 Å². The number of imide groups is 2. The van der Waals surface area contributed by atoms with Crippen molar-refractivity contribution >= 4 is 63.1 Å². The molecule has 31 heavy (non-hydrogen) atoms. The minimum Gasteiger partial charge on any atom is -0.481 e. The number of ether oxygens (including phenoxy) is 2. The fourth-order valence-corrected chi connectivity index (χ4v) is 3.28. The van der Waals surface area contributed by atoms with Gasteiger partial charge in [0, 0.05) is 15.1 Å². The van der Waals surface area contributed by atoms with Crippen LogP contribution in [0, 0.1) is 6.92 Å². The molecule has 0 saturated carbocycles. The third-order valence-electron chi connectivity index (χ3n) is 4.36. The molecule has 0 aromatic heterocycles. The Morgan fingerprint density at radius 2 is 1.94 bits per heavy atom. The average molecular weight is 508 g/mol. The molecule has 0 spiro atoms. The van der Waals surface area contributed by atoms with E-state index in [4.69, 9.17) is 16.3 Å². The summed E-state index contributed by atoms with van der Waals surface area (Å²) in [6.07, 6.45) is 1.28. The number of barbiturate groups is 1. The second-order valence-corrected chi connectivity index (χ2v) is 7.76. The predicted molar refractivity (Wildman–Crippen MR) is 117 cm³/mol. The van der Waals surface area contributed by atoms with Crippen LogP contribution in [0.1, 0.15) is 11.1 Å². The molecule has 2 aromatic carbocycles. The maximum absolute atomic E-state index is 13.1. The lowest BCUT2D eigenvalue weighted by atomic mass is 10.1. The highest BCUT2D eigenvalue weighted by atomic mass is 79.9. The number of urea groups is 1. The van der Waals surface area contributed by atoms with E-state index in [2.05, 4.69) is 26.0 Å². The van der Waals surface area contributed by atoms with Crippen LogP contribution >= 0.6 is 27.5 Å². The summed E-state index contributed by atoms with van der Waals surface area (Å²) in [5.74, 6) is -2.04. The summed E-state index contributed by atoms with van der Waals surface area (Å²) < 4.78 is 10.6. The van der Waals surface area contributed by atoms with Gasteiger partial charge in [-0.15, -0.1) is 0 Å². The van der Waals surface area contributed by atoms with Crippen LogP contribution < -0.4 is 15.0 Å². The standard InChI is InChI=1S/C21H16BrClN2O6/c1-11-3-5-14(9-16(11)23)25-20(28)15(19(27)24-21(25)29)8-12-7-13(22)4-6-17(12)31-10-18(26)30-2/h3-9H,10H2,1-2H3,(H,24,27,29)/b15-8-. The van der Waals surface area contributed by atoms with Crippen LogP contribution in [0.2, 0.25) is 5.02 Å². The number of aryl methyl sites for hydroxylation is 1. The van der Waals surface area contributed by atoms with Crippen molar-refractivity contribution in [2.24, 2.45) is 0 Å². The van der Waals surface area contributed by atoms with Gasteiger partial charge in [0.05, 0.1) is 12.8 Å². The molecule has 1 heterocycles. The SMILES string of the molecule is COC(=O)COc1ccc(Br)cc1/C=C1/C(=O)NC(=O)N(c2ccc(C)c(Cl)c2)C1=O. The molecule has 4 amide bonds. The molecular formula is C21H16BrClN2O6.